The van der Waals surface area contributed by atoms with E-state index >= 15 is 0 Å². The summed E-state index contributed by atoms with van der Waals surface area (Å²) in [6.45, 7) is 6.29. The number of aromatic nitrogens is 1. The molecule has 0 atom stereocenters. The van der Waals surface area contributed by atoms with E-state index in [0.29, 0.717) is 0 Å². The molecule has 2 aliphatic rings. The number of pyridine rings is 1. The Morgan fingerprint density at radius 2 is 1.16 bits per heavy atom. The molecule has 0 aliphatic carbocycles. The van der Waals surface area contributed by atoms with Gasteiger partial charge < -0.3 is 24.6 Å². The number of para-hydroxylation sites is 2. The molecular formula is C39H34IrN5-5. The second-order valence-corrected chi connectivity index (χ2v) is 10.4. The number of hydrogen-bond donors (Lipinski definition) is 0. The summed E-state index contributed by atoms with van der Waals surface area (Å²) in [4.78, 5) is 13.0. The first-order valence-corrected chi connectivity index (χ1v) is 14.9. The monoisotopic (exact) mass is 765 g/mol. The Morgan fingerprint density at radius 1 is 0.556 bits per heavy atom. The molecule has 0 bridgehead atoms. The second kappa shape index (κ2) is 16.4. The Labute approximate surface area is 281 Å². The number of unbranched alkanes of at least 4 members (excludes halogenated alkanes) is 1. The van der Waals surface area contributed by atoms with Gasteiger partial charge in [-0.2, -0.15) is 74.0 Å². The van der Waals surface area contributed by atoms with Gasteiger partial charge in [-0.25, -0.2) is 0 Å². The van der Waals surface area contributed by atoms with Gasteiger partial charge in [0, 0.05) is 26.3 Å². The molecule has 229 valence electrons. The van der Waals surface area contributed by atoms with Gasteiger partial charge in [-0.15, -0.1) is 41.2 Å². The van der Waals surface area contributed by atoms with Crippen molar-refractivity contribution in [1.82, 2.24) is 14.8 Å². The Bertz CT molecular complexity index is 1490. The van der Waals surface area contributed by atoms with Gasteiger partial charge in [0.05, 0.1) is 0 Å². The molecule has 2 aliphatic heterocycles. The molecule has 0 saturated heterocycles. The van der Waals surface area contributed by atoms with Crippen molar-refractivity contribution < 1.29 is 20.1 Å². The average molecular weight is 765 g/mol. The molecule has 45 heavy (non-hydrogen) atoms. The van der Waals surface area contributed by atoms with E-state index in [-0.39, 0.29) is 20.1 Å². The van der Waals surface area contributed by atoms with Crippen LogP contribution in [0.15, 0.2) is 146 Å². The van der Waals surface area contributed by atoms with Gasteiger partial charge >= 0.3 is 0 Å². The molecule has 1 radical (unpaired) electrons. The van der Waals surface area contributed by atoms with Crippen LogP contribution in [-0.4, -0.2) is 27.9 Å². The van der Waals surface area contributed by atoms with Crippen LogP contribution in [-0.2, 0) is 20.1 Å². The summed E-state index contributed by atoms with van der Waals surface area (Å²) in [7, 11) is 0. The summed E-state index contributed by atoms with van der Waals surface area (Å²) >= 11 is 0. The summed E-state index contributed by atoms with van der Waals surface area (Å²) in [5.41, 5.74) is 6.51. The molecular weight excluding hydrogens is 731 g/mol. The smallest absolute Gasteiger partial charge is 0.0160 e. The Kier molecular flexibility index (Phi) is 11.6. The van der Waals surface area contributed by atoms with E-state index in [2.05, 4.69) is 117 Å². The maximum atomic E-state index is 4.32. The van der Waals surface area contributed by atoms with E-state index in [1.165, 1.54) is 11.1 Å². The van der Waals surface area contributed by atoms with Crippen molar-refractivity contribution in [1.29, 1.82) is 0 Å². The van der Waals surface area contributed by atoms with E-state index in [9.17, 15) is 0 Å². The summed E-state index contributed by atoms with van der Waals surface area (Å²) in [6.07, 6.45) is 12.5. The molecule has 6 heteroatoms. The van der Waals surface area contributed by atoms with Crippen LogP contribution < -0.4 is 9.80 Å². The van der Waals surface area contributed by atoms with E-state index < -0.39 is 0 Å². The molecule has 0 fully saturated rings. The van der Waals surface area contributed by atoms with Gasteiger partial charge in [-0.1, -0.05) is 53.6 Å². The van der Waals surface area contributed by atoms with E-state index in [4.69, 9.17) is 0 Å². The zero-order valence-corrected chi connectivity index (χ0v) is 27.3. The zero-order valence-electron chi connectivity index (χ0n) is 24.9. The van der Waals surface area contributed by atoms with Crippen molar-refractivity contribution in [3.8, 4) is 22.4 Å². The Morgan fingerprint density at radius 3 is 1.67 bits per heavy atom. The van der Waals surface area contributed by atoms with E-state index in [1.54, 1.807) is 6.20 Å². The molecule has 7 rings (SSSR count). The maximum absolute atomic E-state index is 4.32. The second-order valence-electron chi connectivity index (χ2n) is 10.4. The first-order valence-electron chi connectivity index (χ1n) is 14.9. The molecule has 0 unspecified atom stereocenters. The number of benzene rings is 4. The van der Waals surface area contributed by atoms with Gasteiger partial charge in [-0.05, 0) is 62.5 Å². The van der Waals surface area contributed by atoms with Gasteiger partial charge in [0.25, 0.3) is 0 Å². The fourth-order valence-electron chi connectivity index (χ4n) is 4.93. The van der Waals surface area contributed by atoms with E-state index in [1.807, 2.05) is 78.9 Å². The van der Waals surface area contributed by atoms with Gasteiger partial charge in [0.2, 0.25) is 0 Å². The summed E-state index contributed by atoms with van der Waals surface area (Å²) in [5, 5.41) is 0. The minimum atomic E-state index is 0. The van der Waals surface area contributed by atoms with Crippen molar-refractivity contribution in [3.05, 3.63) is 178 Å². The van der Waals surface area contributed by atoms with Gasteiger partial charge in [0.1, 0.15) is 0 Å². The van der Waals surface area contributed by atoms with E-state index in [0.717, 1.165) is 48.6 Å². The zero-order chi connectivity index (χ0) is 29.8. The fourth-order valence-corrected chi connectivity index (χ4v) is 4.93. The minimum absolute atomic E-state index is 0. The summed E-state index contributed by atoms with van der Waals surface area (Å²) < 4.78 is 0. The van der Waals surface area contributed by atoms with Crippen LogP contribution in [0.5, 0.6) is 0 Å². The van der Waals surface area contributed by atoms with Crippen LogP contribution in [0.25, 0.3) is 22.4 Å². The quantitative estimate of drug-likeness (QED) is 0.111. The molecule has 0 N–H and O–H groups in total. The van der Waals surface area contributed by atoms with Crippen LogP contribution in [0.2, 0.25) is 0 Å². The molecule has 0 spiro atoms. The average Bonchev–Trinajstić information content (AvgIpc) is 3.79. The Hall–Kier alpha value is -4.64. The third-order valence-corrected chi connectivity index (χ3v) is 7.27. The number of nitrogens with zero attached hydrogens (tertiary/aromatic N) is 5. The Balaban J connectivity index is 0.000000185. The summed E-state index contributed by atoms with van der Waals surface area (Å²) in [6, 6.07) is 48.2. The molecule has 0 saturated carbocycles. The van der Waals surface area contributed by atoms with Crippen LogP contribution in [0.1, 0.15) is 12.8 Å². The van der Waals surface area contributed by atoms with Crippen molar-refractivity contribution in [2.75, 3.05) is 22.9 Å². The fraction of sp³-hybridized carbons (Fsp3) is 0.103. The predicted molar refractivity (Wildman–Crippen MR) is 179 cm³/mol. The van der Waals surface area contributed by atoms with Crippen molar-refractivity contribution in [3.63, 3.8) is 0 Å². The molecule has 5 aromatic rings. The van der Waals surface area contributed by atoms with Crippen LogP contribution in [0.3, 0.4) is 0 Å². The topological polar surface area (TPSA) is 25.9 Å². The summed E-state index contributed by atoms with van der Waals surface area (Å²) in [5.74, 6) is 0. The molecule has 1 aromatic heterocycles. The first kappa shape index (κ1) is 31.8. The maximum Gasteiger partial charge on any atom is 0.0160 e. The standard InChI is InChI=1S/C22H22N4.C17H12N.Ir/c1-3-9-21(10-4-1)25-17-15-23(19-25)13-7-8-14-24-16-18-26(20-24)22-11-5-2-6-12-22;1-2-6-14(7-3-1)15-9-11-16(12-10-15)17-8-4-5-13-18-17;/h1-6,9,11,15-20H,7-8,13-14H2;1-11,13H;/q-4;-1;. The predicted octanol–water partition coefficient (Wildman–Crippen LogP) is 8.41. The number of rotatable bonds is 9. The van der Waals surface area contributed by atoms with Crippen molar-refractivity contribution >= 4 is 11.4 Å². The third kappa shape index (κ3) is 8.95. The number of anilines is 2. The SMILES string of the molecule is [Ir].[c-]1cc(-c2ccccc2)ccc1-c1ccccn1.[c-]1ccccc1N1C=CN(CCCCN2C=CN(c3[c-]cccc3)[CH-]2)[CH-]1. The molecule has 0 amide bonds. The first-order chi connectivity index (χ1) is 21.8. The molecule has 5 nitrogen and oxygen atoms in total. The largest absolute Gasteiger partial charge is 0.508 e. The van der Waals surface area contributed by atoms with Crippen molar-refractivity contribution in [2.24, 2.45) is 0 Å². The molecule has 3 heterocycles. The minimum Gasteiger partial charge on any atom is -0.508 e. The van der Waals surface area contributed by atoms with Crippen LogP contribution in [0, 0.1) is 31.5 Å². The normalized spacial score (nSPS) is 13.4. The van der Waals surface area contributed by atoms with Crippen LogP contribution >= 0.6 is 0 Å². The van der Waals surface area contributed by atoms with Crippen molar-refractivity contribution in [2.45, 2.75) is 12.8 Å². The van der Waals surface area contributed by atoms with Gasteiger partial charge in [-0.3, -0.25) is 0 Å². The number of hydrogen-bond acceptors (Lipinski definition) is 5. The molecule has 4 aromatic carbocycles. The van der Waals surface area contributed by atoms with Gasteiger partial charge in [0.15, 0.2) is 0 Å². The van der Waals surface area contributed by atoms with Crippen LogP contribution in [0.4, 0.5) is 11.4 Å². The third-order valence-electron chi connectivity index (χ3n) is 7.27.